The average Bonchev–Trinajstić information content (AvgIpc) is 3.25. The summed E-state index contributed by atoms with van der Waals surface area (Å²) in [5.74, 6) is 0. The van der Waals surface area contributed by atoms with E-state index in [0.717, 1.165) is 82.3 Å². The maximum absolute atomic E-state index is 12.7. The standard InChI is InChI=1S/C30H40N4O3/c1-3-37-29(36)33-20-15-30(16-21-33,24-8-5-4-6-9-24)14-7-17-32-18-12-25(13-19-32)34-27-22-23(2)10-11-26(27)31-28(34)35/h4-6,8-11,22,25H,3,7,12-21H2,1-2H3,(H,31,35). The highest BCUT2D eigenvalue weighted by atomic mass is 16.6. The molecule has 0 unspecified atom stereocenters. The average molecular weight is 505 g/mol. The van der Waals surface area contributed by atoms with Gasteiger partial charge in [-0.3, -0.25) is 4.57 Å². The molecule has 2 saturated heterocycles. The molecule has 1 amide bonds. The highest BCUT2D eigenvalue weighted by molar-refractivity contribution is 5.76. The summed E-state index contributed by atoms with van der Waals surface area (Å²) in [7, 11) is 0. The van der Waals surface area contributed by atoms with E-state index in [1.54, 1.807) is 0 Å². The molecule has 7 nitrogen and oxygen atoms in total. The van der Waals surface area contributed by atoms with E-state index in [4.69, 9.17) is 4.74 Å². The van der Waals surface area contributed by atoms with Crippen molar-refractivity contribution >= 4 is 17.1 Å². The summed E-state index contributed by atoms with van der Waals surface area (Å²) in [5.41, 5.74) is 4.65. The molecule has 1 N–H and O–H groups in total. The molecule has 7 heteroatoms. The van der Waals surface area contributed by atoms with Crippen LogP contribution in [0.25, 0.3) is 11.0 Å². The Morgan fingerprint density at radius 2 is 1.78 bits per heavy atom. The van der Waals surface area contributed by atoms with Gasteiger partial charge in [-0.15, -0.1) is 0 Å². The molecule has 3 aromatic rings. The van der Waals surface area contributed by atoms with Gasteiger partial charge < -0.3 is 19.5 Å². The van der Waals surface area contributed by atoms with E-state index in [-0.39, 0.29) is 23.2 Å². The normalized spacial score (nSPS) is 18.8. The van der Waals surface area contributed by atoms with Gasteiger partial charge in [-0.2, -0.15) is 0 Å². The van der Waals surface area contributed by atoms with Gasteiger partial charge in [-0.05, 0) is 87.6 Å². The van der Waals surface area contributed by atoms with Crippen LogP contribution in [0.15, 0.2) is 53.3 Å². The Kier molecular flexibility index (Phi) is 7.70. The molecule has 0 saturated carbocycles. The van der Waals surface area contributed by atoms with E-state index in [1.165, 1.54) is 11.1 Å². The molecule has 0 spiro atoms. The van der Waals surface area contributed by atoms with Gasteiger partial charge in [0, 0.05) is 32.2 Å². The van der Waals surface area contributed by atoms with Crippen LogP contribution in [0.1, 0.15) is 62.6 Å². The van der Waals surface area contributed by atoms with Crippen LogP contribution in [0.5, 0.6) is 0 Å². The van der Waals surface area contributed by atoms with Crippen molar-refractivity contribution in [1.82, 2.24) is 19.4 Å². The van der Waals surface area contributed by atoms with Crippen molar-refractivity contribution in [2.24, 2.45) is 0 Å². The van der Waals surface area contributed by atoms with Crippen LogP contribution >= 0.6 is 0 Å². The molecule has 2 aliphatic heterocycles. The molecule has 3 heterocycles. The van der Waals surface area contributed by atoms with Crippen molar-refractivity contribution in [3.8, 4) is 0 Å². The van der Waals surface area contributed by atoms with Crippen LogP contribution in [0, 0.1) is 6.92 Å². The number of piperidine rings is 2. The van der Waals surface area contributed by atoms with Crippen LogP contribution in [0.4, 0.5) is 4.79 Å². The number of aromatic nitrogens is 2. The van der Waals surface area contributed by atoms with Crippen LogP contribution in [-0.4, -0.2) is 64.8 Å². The fraction of sp³-hybridized carbons (Fsp3) is 0.533. The number of hydrogen-bond donors (Lipinski definition) is 1. The number of H-pyrrole nitrogens is 1. The Morgan fingerprint density at radius 1 is 1.05 bits per heavy atom. The highest BCUT2D eigenvalue weighted by Gasteiger charge is 2.37. The van der Waals surface area contributed by atoms with Crippen molar-refractivity contribution < 1.29 is 9.53 Å². The number of nitrogens with one attached hydrogen (secondary N) is 1. The summed E-state index contributed by atoms with van der Waals surface area (Å²) < 4.78 is 7.23. The summed E-state index contributed by atoms with van der Waals surface area (Å²) in [6.45, 7) is 8.96. The third-order valence-corrected chi connectivity index (χ3v) is 8.56. The summed E-state index contributed by atoms with van der Waals surface area (Å²) in [6, 6.07) is 17.3. The quantitative estimate of drug-likeness (QED) is 0.477. The fourth-order valence-corrected chi connectivity index (χ4v) is 6.44. The zero-order valence-corrected chi connectivity index (χ0v) is 22.2. The highest BCUT2D eigenvalue weighted by Crippen LogP contribution is 2.40. The molecule has 2 fully saturated rings. The van der Waals surface area contributed by atoms with Crippen molar-refractivity contribution in [3.63, 3.8) is 0 Å². The molecule has 0 atom stereocenters. The lowest BCUT2D eigenvalue weighted by molar-refractivity contribution is 0.0830. The number of benzene rings is 2. The second-order valence-corrected chi connectivity index (χ2v) is 10.8. The summed E-state index contributed by atoms with van der Waals surface area (Å²) in [6.07, 6.45) is 6.01. The first kappa shape index (κ1) is 25.6. The maximum Gasteiger partial charge on any atom is 0.409 e. The zero-order chi connectivity index (χ0) is 25.8. The van der Waals surface area contributed by atoms with Crippen LogP contribution in [0.3, 0.4) is 0 Å². The topological polar surface area (TPSA) is 70.6 Å². The van der Waals surface area contributed by atoms with Crippen molar-refractivity contribution in [2.45, 2.75) is 63.8 Å². The van der Waals surface area contributed by atoms with Crippen molar-refractivity contribution in [3.05, 3.63) is 70.1 Å². The molecule has 0 radical (unpaired) electrons. The first-order chi connectivity index (χ1) is 18.0. The van der Waals surface area contributed by atoms with Crippen molar-refractivity contribution in [1.29, 1.82) is 0 Å². The summed E-state index contributed by atoms with van der Waals surface area (Å²) in [5, 5.41) is 0. The number of carbonyl (C=O) groups is 1. The molecule has 37 heavy (non-hydrogen) atoms. The number of imidazole rings is 1. The van der Waals surface area contributed by atoms with E-state index in [1.807, 2.05) is 28.5 Å². The number of aromatic amines is 1. The zero-order valence-electron chi connectivity index (χ0n) is 22.2. The van der Waals surface area contributed by atoms with Gasteiger partial charge in [0.15, 0.2) is 0 Å². The number of amides is 1. The minimum absolute atomic E-state index is 0.0120. The van der Waals surface area contributed by atoms with Gasteiger partial charge in [0.1, 0.15) is 0 Å². The lowest BCUT2D eigenvalue weighted by atomic mass is 9.70. The second kappa shape index (κ2) is 11.1. The van der Waals surface area contributed by atoms with E-state index < -0.39 is 0 Å². The second-order valence-electron chi connectivity index (χ2n) is 10.8. The number of nitrogens with zero attached hydrogens (tertiary/aromatic N) is 3. The molecule has 0 bridgehead atoms. The van der Waals surface area contributed by atoms with Crippen molar-refractivity contribution in [2.75, 3.05) is 39.3 Å². The Labute approximate surface area is 219 Å². The van der Waals surface area contributed by atoms with Gasteiger partial charge in [0.25, 0.3) is 0 Å². The summed E-state index contributed by atoms with van der Waals surface area (Å²) in [4.78, 5) is 32.4. The molecular formula is C30H40N4O3. The Morgan fingerprint density at radius 3 is 2.49 bits per heavy atom. The molecule has 198 valence electrons. The number of rotatable bonds is 7. The number of fused-ring (bicyclic) bond motifs is 1. The van der Waals surface area contributed by atoms with Crippen LogP contribution in [0.2, 0.25) is 0 Å². The number of aryl methyl sites for hydroxylation is 1. The van der Waals surface area contributed by atoms with Crippen LogP contribution < -0.4 is 5.69 Å². The maximum atomic E-state index is 12.7. The summed E-state index contributed by atoms with van der Waals surface area (Å²) >= 11 is 0. The first-order valence-electron chi connectivity index (χ1n) is 13.9. The van der Waals surface area contributed by atoms with Gasteiger partial charge in [0.2, 0.25) is 0 Å². The van der Waals surface area contributed by atoms with E-state index in [9.17, 15) is 9.59 Å². The number of hydrogen-bond acceptors (Lipinski definition) is 4. The molecule has 2 aliphatic rings. The van der Waals surface area contributed by atoms with E-state index in [0.29, 0.717) is 6.61 Å². The Bertz CT molecular complexity index is 1250. The lowest BCUT2D eigenvalue weighted by Gasteiger charge is -2.42. The molecular weight excluding hydrogens is 464 g/mol. The predicted octanol–water partition coefficient (Wildman–Crippen LogP) is 5.25. The third kappa shape index (κ3) is 5.47. The monoisotopic (exact) mass is 504 g/mol. The molecule has 5 rings (SSSR count). The molecule has 2 aromatic carbocycles. The number of ether oxygens (including phenoxy) is 1. The first-order valence-corrected chi connectivity index (χ1v) is 13.9. The third-order valence-electron chi connectivity index (χ3n) is 8.56. The number of likely N-dealkylation sites (tertiary alicyclic amines) is 2. The van der Waals surface area contributed by atoms with E-state index >= 15 is 0 Å². The van der Waals surface area contributed by atoms with Crippen LogP contribution in [-0.2, 0) is 10.2 Å². The predicted molar refractivity (Wildman–Crippen MR) is 147 cm³/mol. The largest absolute Gasteiger partial charge is 0.450 e. The van der Waals surface area contributed by atoms with Gasteiger partial charge in [0.05, 0.1) is 17.6 Å². The molecule has 1 aromatic heterocycles. The van der Waals surface area contributed by atoms with Gasteiger partial charge >= 0.3 is 11.8 Å². The van der Waals surface area contributed by atoms with E-state index in [2.05, 4.69) is 53.2 Å². The van der Waals surface area contributed by atoms with Gasteiger partial charge in [-0.1, -0.05) is 36.4 Å². The van der Waals surface area contributed by atoms with Gasteiger partial charge in [-0.25, -0.2) is 9.59 Å². The minimum atomic E-state index is -0.184. The number of carbonyl (C=O) groups excluding carboxylic acids is 1. The fourth-order valence-electron chi connectivity index (χ4n) is 6.44. The SMILES string of the molecule is CCOC(=O)N1CCC(CCCN2CCC(n3c(=O)[nH]c4ccc(C)cc43)CC2)(c2ccccc2)CC1. The lowest BCUT2D eigenvalue weighted by Crippen LogP contribution is -2.46. The molecule has 0 aliphatic carbocycles. The Hall–Kier alpha value is -3.06. The Balaban J connectivity index is 1.18. The minimum Gasteiger partial charge on any atom is -0.450 e. The smallest absolute Gasteiger partial charge is 0.409 e.